The van der Waals surface area contributed by atoms with Gasteiger partial charge in [-0.25, -0.2) is 4.79 Å². The first-order chi connectivity index (χ1) is 9.13. The smallest absolute Gasteiger partial charge is 0.328 e. The molecule has 0 atom stereocenters. The summed E-state index contributed by atoms with van der Waals surface area (Å²) in [6, 6.07) is 7.89. The lowest BCUT2D eigenvalue weighted by Crippen LogP contribution is -2.35. The van der Waals surface area contributed by atoms with E-state index in [0.717, 1.165) is 44.1 Å². The Balaban J connectivity index is 1.90. The van der Waals surface area contributed by atoms with E-state index in [2.05, 4.69) is 4.90 Å². The Morgan fingerprint density at radius 2 is 1.89 bits per heavy atom. The number of carboxylic acids is 1. The highest BCUT2D eigenvalue weighted by Crippen LogP contribution is 2.14. The molecule has 4 nitrogen and oxygen atoms in total. The molecule has 0 radical (unpaired) electrons. The average Bonchev–Trinajstić information content (AvgIpc) is 2.40. The molecular weight excluding hydrogens is 242 g/mol. The lowest BCUT2D eigenvalue weighted by molar-refractivity contribution is -0.131. The number of benzene rings is 1. The Morgan fingerprint density at radius 3 is 2.47 bits per heavy atom. The predicted octanol–water partition coefficient (Wildman–Crippen LogP) is 1.74. The Kier molecular flexibility index (Phi) is 4.71. The maximum Gasteiger partial charge on any atom is 0.328 e. The van der Waals surface area contributed by atoms with E-state index in [1.54, 1.807) is 6.08 Å². The number of likely N-dealkylation sites (tertiary alicyclic amines) is 1. The second kappa shape index (κ2) is 6.50. The highest BCUT2D eigenvalue weighted by molar-refractivity contribution is 5.85. The summed E-state index contributed by atoms with van der Waals surface area (Å²) >= 11 is 0. The molecule has 102 valence electrons. The van der Waals surface area contributed by atoms with Gasteiger partial charge < -0.3 is 10.2 Å². The third-order valence-electron chi connectivity index (χ3n) is 3.36. The number of hydrogen-bond acceptors (Lipinski definition) is 3. The van der Waals surface area contributed by atoms with Crippen molar-refractivity contribution in [1.29, 1.82) is 0 Å². The predicted molar refractivity (Wildman–Crippen MR) is 73.6 cm³/mol. The van der Waals surface area contributed by atoms with Gasteiger partial charge in [0, 0.05) is 25.7 Å². The first-order valence-corrected chi connectivity index (χ1v) is 6.54. The van der Waals surface area contributed by atoms with Gasteiger partial charge in [0.2, 0.25) is 0 Å². The molecule has 2 N–H and O–H groups in total. The lowest BCUT2D eigenvalue weighted by Gasteiger charge is -2.29. The third-order valence-corrected chi connectivity index (χ3v) is 3.36. The molecule has 1 saturated heterocycles. The molecule has 1 fully saturated rings. The van der Waals surface area contributed by atoms with E-state index in [1.165, 1.54) is 5.56 Å². The standard InChI is InChI=1S/C15H19NO3/c17-14-7-9-16(10-8-14)11-13-3-1-12(2-4-13)5-6-15(18)19/h1-6,14,17H,7-11H2,(H,18,19). The minimum atomic E-state index is -0.934. The fourth-order valence-electron chi connectivity index (χ4n) is 2.24. The van der Waals surface area contributed by atoms with Gasteiger partial charge in [0.05, 0.1) is 6.10 Å². The Hall–Kier alpha value is -1.65. The summed E-state index contributed by atoms with van der Waals surface area (Å²) in [5.41, 5.74) is 2.10. The Labute approximate surface area is 113 Å². The SMILES string of the molecule is O=C(O)C=Cc1ccc(CN2CCC(O)CC2)cc1. The maximum absolute atomic E-state index is 10.4. The molecule has 1 aromatic rings. The van der Waals surface area contributed by atoms with Crippen LogP contribution >= 0.6 is 0 Å². The van der Waals surface area contributed by atoms with Crippen molar-refractivity contribution in [2.75, 3.05) is 13.1 Å². The van der Waals surface area contributed by atoms with Crippen molar-refractivity contribution < 1.29 is 15.0 Å². The third kappa shape index (κ3) is 4.50. The van der Waals surface area contributed by atoms with Crippen molar-refractivity contribution in [3.05, 3.63) is 41.5 Å². The molecule has 2 rings (SSSR count). The van der Waals surface area contributed by atoms with Crippen LogP contribution in [0.15, 0.2) is 30.3 Å². The summed E-state index contributed by atoms with van der Waals surface area (Å²) in [6.45, 7) is 2.75. The average molecular weight is 261 g/mol. The van der Waals surface area contributed by atoms with Gasteiger partial charge in [-0.15, -0.1) is 0 Å². The van der Waals surface area contributed by atoms with Crippen LogP contribution in [0.25, 0.3) is 6.08 Å². The molecule has 1 heterocycles. The Bertz CT molecular complexity index is 445. The number of rotatable bonds is 4. The number of hydrogen-bond donors (Lipinski definition) is 2. The van der Waals surface area contributed by atoms with Crippen LogP contribution in [0, 0.1) is 0 Å². The van der Waals surface area contributed by atoms with Crippen LogP contribution in [0.5, 0.6) is 0 Å². The number of aliphatic carboxylic acids is 1. The van der Waals surface area contributed by atoms with Gasteiger partial charge in [0.1, 0.15) is 0 Å². The zero-order valence-corrected chi connectivity index (χ0v) is 10.8. The van der Waals surface area contributed by atoms with Gasteiger partial charge in [0.25, 0.3) is 0 Å². The molecule has 0 saturated carbocycles. The van der Waals surface area contributed by atoms with E-state index in [4.69, 9.17) is 5.11 Å². The second-order valence-electron chi connectivity index (χ2n) is 4.92. The van der Waals surface area contributed by atoms with Crippen LogP contribution in [-0.4, -0.2) is 40.3 Å². The number of piperidine rings is 1. The number of nitrogens with zero attached hydrogens (tertiary/aromatic N) is 1. The van der Waals surface area contributed by atoms with Gasteiger partial charge in [-0.1, -0.05) is 24.3 Å². The van der Waals surface area contributed by atoms with Crippen LogP contribution in [0.2, 0.25) is 0 Å². The van der Waals surface area contributed by atoms with Crippen LogP contribution in [0.3, 0.4) is 0 Å². The summed E-state index contributed by atoms with van der Waals surface area (Å²) < 4.78 is 0. The highest BCUT2D eigenvalue weighted by atomic mass is 16.4. The summed E-state index contributed by atoms with van der Waals surface area (Å²) in [4.78, 5) is 12.7. The van der Waals surface area contributed by atoms with Crippen LogP contribution in [0.4, 0.5) is 0 Å². The zero-order chi connectivity index (χ0) is 13.7. The van der Waals surface area contributed by atoms with E-state index in [-0.39, 0.29) is 6.10 Å². The number of aliphatic hydroxyl groups is 1. The quantitative estimate of drug-likeness (QED) is 0.810. The van der Waals surface area contributed by atoms with Crippen molar-refractivity contribution in [1.82, 2.24) is 4.90 Å². The molecule has 0 aromatic heterocycles. The van der Waals surface area contributed by atoms with Crippen molar-refractivity contribution in [3.8, 4) is 0 Å². The van der Waals surface area contributed by atoms with Gasteiger partial charge in [-0.2, -0.15) is 0 Å². The molecule has 1 aromatic carbocycles. The fourth-order valence-corrected chi connectivity index (χ4v) is 2.24. The van der Waals surface area contributed by atoms with Crippen molar-refractivity contribution in [2.24, 2.45) is 0 Å². The molecule has 0 aliphatic carbocycles. The summed E-state index contributed by atoms with van der Waals surface area (Å²) in [5.74, 6) is -0.934. The molecule has 0 bridgehead atoms. The molecule has 0 unspecified atom stereocenters. The van der Waals surface area contributed by atoms with E-state index in [0.29, 0.717) is 0 Å². The van der Waals surface area contributed by atoms with Gasteiger partial charge in [0.15, 0.2) is 0 Å². The number of carboxylic acid groups (broad SMARTS) is 1. The van der Waals surface area contributed by atoms with Crippen LogP contribution in [0.1, 0.15) is 24.0 Å². The van der Waals surface area contributed by atoms with Crippen molar-refractivity contribution in [2.45, 2.75) is 25.5 Å². The fraction of sp³-hybridized carbons (Fsp3) is 0.400. The maximum atomic E-state index is 10.4. The highest BCUT2D eigenvalue weighted by Gasteiger charge is 2.16. The normalized spacial score (nSPS) is 17.9. The van der Waals surface area contributed by atoms with E-state index < -0.39 is 5.97 Å². The molecule has 0 spiro atoms. The van der Waals surface area contributed by atoms with Crippen LogP contribution < -0.4 is 0 Å². The first kappa shape index (κ1) is 13.8. The molecule has 19 heavy (non-hydrogen) atoms. The lowest BCUT2D eigenvalue weighted by atomic mass is 10.1. The summed E-state index contributed by atoms with van der Waals surface area (Å²) in [7, 11) is 0. The number of aliphatic hydroxyl groups excluding tert-OH is 1. The van der Waals surface area contributed by atoms with E-state index in [1.807, 2.05) is 24.3 Å². The van der Waals surface area contributed by atoms with Gasteiger partial charge in [-0.3, -0.25) is 4.90 Å². The zero-order valence-electron chi connectivity index (χ0n) is 10.8. The van der Waals surface area contributed by atoms with E-state index >= 15 is 0 Å². The molecule has 1 aliphatic heterocycles. The molecular formula is C15H19NO3. The minimum Gasteiger partial charge on any atom is -0.478 e. The monoisotopic (exact) mass is 261 g/mol. The van der Waals surface area contributed by atoms with Crippen LogP contribution in [-0.2, 0) is 11.3 Å². The first-order valence-electron chi connectivity index (χ1n) is 6.54. The second-order valence-corrected chi connectivity index (χ2v) is 4.92. The molecule has 1 aliphatic rings. The molecule has 4 heteroatoms. The summed E-state index contributed by atoms with van der Waals surface area (Å²) in [6.07, 6.45) is 4.28. The summed E-state index contributed by atoms with van der Waals surface area (Å²) in [5, 5.41) is 18.0. The minimum absolute atomic E-state index is 0.139. The van der Waals surface area contributed by atoms with E-state index in [9.17, 15) is 9.90 Å². The Morgan fingerprint density at radius 1 is 1.26 bits per heavy atom. The van der Waals surface area contributed by atoms with Crippen molar-refractivity contribution in [3.63, 3.8) is 0 Å². The van der Waals surface area contributed by atoms with Crippen molar-refractivity contribution >= 4 is 12.0 Å². The molecule has 0 amide bonds. The van der Waals surface area contributed by atoms with Gasteiger partial charge in [-0.05, 0) is 30.0 Å². The topological polar surface area (TPSA) is 60.8 Å². The number of carbonyl (C=O) groups is 1. The van der Waals surface area contributed by atoms with Gasteiger partial charge >= 0.3 is 5.97 Å². The largest absolute Gasteiger partial charge is 0.478 e.